The first-order valence-corrected chi connectivity index (χ1v) is 15.3. The predicted molar refractivity (Wildman–Crippen MR) is 174 cm³/mol. The molecule has 238 valence electrons. The zero-order chi connectivity index (χ0) is 32.5. The Morgan fingerprint density at radius 3 is 2.28 bits per heavy atom. The third kappa shape index (κ3) is 6.23. The third-order valence-electron chi connectivity index (χ3n) is 8.47. The Hall–Kier alpha value is -5.75. The van der Waals surface area contributed by atoms with Crippen LogP contribution in [0.2, 0.25) is 0 Å². The van der Waals surface area contributed by atoms with Crippen molar-refractivity contribution >= 4 is 28.9 Å². The number of hydrogen-bond acceptors (Lipinski definition) is 9. The van der Waals surface area contributed by atoms with Crippen molar-refractivity contribution in [1.82, 2.24) is 24.8 Å². The molecule has 3 aromatic carbocycles. The lowest BCUT2D eigenvalue weighted by atomic mass is 10.1. The van der Waals surface area contributed by atoms with Crippen LogP contribution in [0, 0.1) is 6.92 Å². The summed E-state index contributed by atoms with van der Waals surface area (Å²) in [7, 11) is 0. The standard InChI is InChI=1S/C35H32N6O6/c1-22-28-11-13-31(42)41(27-9-7-25(8-10-27)33(43)36-19-23-2-5-26(6-3-23)34(44)45)32(28)38-35(37-22)40-16-14-39(15-17-40)20-24-4-12-29-30(18-24)47-21-46-29/h2-13,18H,14-17,19-21H2,1H3,(H,36,43)(H,44,45). The summed E-state index contributed by atoms with van der Waals surface area (Å²) < 4.78 is 12.5. The molecule has 2 aromatic heterocycles. The number of anilines is 1. The van der Waals surface area contributed by atoms with Gasteiger partial charge in [0.25, 0.3) is 11.5 Å². The van der Waals surface area contributed by atoms with Crippen LogP contribution in [0.25, 0.3) is 16.7 Å². The van der Waals surface area contributed by atoms with Gasteiger partial charge >= 0.3 is 5.97 Å². The van der Waals surface area contributed by atoms with E-state index >= 15 is 0 Å². The second-order valence-corrected chi connectivity index (χ2v) is 11.5. The predicted octanol–water partition coefficient (Wildman–Crippen LogP) is 3.77. The number of ether oxygens (including phenoxy) is 2. The van der Waals surface area contributed by atoms with Gasteiger partial charge in [-0.1, -0.05) is 18.2 Å². The number of carboxylic acids is 1. The van der Waals surface area contributed by atoms with Gasteiger partial charge in [0, 0.05) is 56.3 Å². The molecular formula is C35H32N6O6. The number of carbonyl (C=O) groups is 2. The number of amides is 1. The van der Waals surface area contributed by atoms with Crippen LogP contribution in [-0.4, -0.2) is 69.4 Å². The minimum Gasteiger partial charge on any atom is -0.478 e. The normalized spacial score (nSPS) is 14.4. The van der Waals surface area contributed by atoms with Crippen LogP contribution in [0.3, 0.4) is 0 Å². The number of hydrogen-bond donors (Lipinski definition) is 2. The minimum atomic E-state index is -1.00. The number of carbonyl (C=O) groups excluding carboxylic acids is 1. The van der Waals surface area contributed by atoms with Crippen LogP contribution in [0.4, 0.5) is 5.95 Å². The maximum absolute atomic E-state index is 13.2. The lowest BCUT2D eigenvalue weighted by molar-refractivity contribution is 0.0696. The van der Waals surface area contributed by atoms with Crippen molar-refractivity contribution in [2.75, 3.05) is 37.9 Å². The highest BCUT2D eigenvalue weighted by Gasteiger charge is 2.22. The lowest BCUT2D eigenvalue weighted by Crippen LogP contribution is -2.46. The van der Waals surface area contributed by atoms with Gasteiger partial charge in [-0.25, -0.2) is 9.78 Å². The van der Waals surface area contributed by atoms with Crippen LogP contribution in [-0.2, 0) is 13.1 Å². The number of carboxylic acid groups (broad SMARTS) is 1. The molecule has 0 radical (unpaired) electrons. The van der Waals surface area contributed by atoms with Crippen molar-refractivity contribution in [2.45, 2.75) is 20.0 Å². The molecule has 2 aliphatic heterocycles. The fraction of sp³-hybridized carbons (Fsp3) is 0.229. The molecule has 2 aliphatic rings. The molecule has 47 heavy (non-hydrogen) atoms. The molecule has 12 heteroatoms. The van der Waals surface area contributed by atoms with Crippen molar-refractivity contribution in [3.8, 4) is 17.2 Å². The van der Waals surface area contributed by atoms with E-state index in [1.54, 1.807) is 47.0 Å². The number of nitrogens with one attached hydrogen (secondary N) is 1. The van der Waals surface area contributed by atoms with E-state index in [0.29, 0.717) is 22.8 Å². The molecule has 0 aliphatic carbocycles. The third-order valence-corrected chi connectivity index (χ3v) is 8.47. The van der Waals surface area contributed by atoms with Gasteiger partial charge in [0.2, 0.25) is 12.7 Å². The minimum absolute atomic E-state index is 0.184. The first kappa shape index (κ1) is 29.9. The molecule has 0 saturated carbocycles. The monoisotopic (exact) mass is 632 g/mol. The number of benzene rings is 3. The Bertz CT molecular complexity index is 2040. The summed E-state index contributed by atoms with van der Waals surface area (Å²) in [6.07, 6.45) is 0. The molecule has 1 saturated heterocycles. The highest BCUT2D eigenvalue weighted by Crippen LogP contribution is 2.33. The highest BCUT2D eigenvalue weighted by atomic mass is 16.7. The summed E-state index contributed by atoms with van der Waals surface area (Å²) in [5.41, 5.74) is 4.17. The Balaban J connectivity index is 1.06. The number of aryl methyl sites for hydroxylation is 1. The fourth-order valence-corrected chi connectivity index (χ4v) is 5.86. The molecule has 1 amide bonds. The topological polar surface area (TPSA) is 139 Å². The smallest absolute Gasteiger partial charge is 0.335 e. The maximum atomic E-state index is 13.2. The van der Waals surface area contributed by atoms with E-state index in [-0.39, 0.29) is 30.4 Å². The van der Waals surface area contributed by atoms with E-state index in [4.69, 9.17) is 24.5 Å². The molecular weight excluding hydrogens is 600 g/mol. The molecule has 5 aromatic rings. The Morgan fingerprint density at radius 2 is 1.53 bits per heavy atom. The zero-order valence-electron chi connectivity index (χ0n) is 25.7. The van der Waals surface area contributed by atoms with Crippen LogP contribution >= 0.6 is 0 Å². The van der Waals surface area contributed by atoms with Crippen molar-refractivity contribution in [2.24, 2.45) is 0 Å². The van der Waals surface area contributed by atoms with Crippen molar-refractivity contribution < 1.29 is 24.2 Å². The molecule has 12 nitrogen and oxygen atoms in total. The van der Waals surface area contributed by atoms with Gasteiger partial charge in [-0.05, 0) is 72.6 Å². The Kier molecular flexibility index (Phi) is 8.00. The summed E-state index contributed by atoms with van der Waals surface area (Å²) in [5, 5.41) is 12.7. The van der Waals surface area contributed by atoms with Crippen LogP contribution in [0.5, 0.6) is 11.5 Å². The molecule has 4 heterocycles. The van der Waals surface area contributed by atoms with E-state index < -0.39 is 5.97 Å². The molecule has 0 unspecified atom stereocenters. The second-order valence-electron chi connectivity index (χ2n) is 11.5. The SMILES string of the molecule is Cc1nc(N2CCN(Cc3ccc4c(c3)OCO4)CC2)nc2c1ccc(=O)n2-c1ccc(C(=O)NCc2ccc(C(=O)O)cc2)cc1. The van der Waals surface area contributed by atoms with E-state index in [2.05, 4.69) is 21.2 Å². The summed E-state index contributed by atoms with van der Waals surface area (Å²) in [5.74, 6) is 0.844. The number of fused-ring (bicyclic) bond motifs is 2. The molecule has 7 rings (SSSR count). The van der Waals surface area contributed by atoms with E-state index in [9.17, 15) is 14.4 Å². The van der Waals surface area contributed by atoms with Gasteiger partial charge in [-0.3, -0.25) is 19.1 Å². The molecule has 0 bridgehead atoms. The van der Waals surface area contributed by atoms with Gasteiger partial charge < -0.3 is 24.8 Å². The highest BCUT2D eigenvalue weighted by molar-refractivity contribution is 5.94. The molecule has 0 spiro atoms. The number of nitrogens with zero attached hydrogens (tertiary/aromatic N) is 5. The summed E-state index contributed by atoms with van der Waals surface area (Å²) in [6.45, 7) is 6.35. The number of aromatic carboxylic acids is 1. The van der Waals surface area contributed by atoms with Crippen LogP contribution in [0.15, 0.2) is 83.7 Å². The molecule has 0 atom stereocenters. The maximum Gasteiger partial charge on any atom is 0.335 e. The number of rotatable bonds is 8. The Labute approximate surface area is 269 Å². The van der Waals surface area contributed by atoms with Crippen LogP contribution in [0.1, 0.15) is 37.5 Å². The van der Waals surface area contributed by atoms with Gasteiger partial charge in [0.05, 0.1) is 16.9 Å². The van der Waals surface area contributed by atoms with Gasteiger partial charge in [0.1, 0.15) is 0 Å². The van der Waals surface area contributed by atoms with E-state index in [0.717, 1.165) is 60.9 Å². The number of aromatic nitrogens is 3. The zero-order valence-corrected chi connectivity index (χ0v) is 25.7. The quantitative estimate of drug-likeness (QED) is 0.260. The van der Waals surface area contributed by atoms with Crippen molar-refractivity contribution in [3.63, 3.8) is 0 Å². The summed E-state index contributed by atoms with van der Waals surface area (Å²) >= 11 is 0. The molecule has 2 N–H and O–H groups in total. The first-order valence-electron chi connectivity index (χ1n) is 15.3. The van der Waals surface area contributed by atoms with Crippen LogP contribution < -0.4 is 25.2 Å². The number of piperazine rings is 1. The van der Waals surface area contributed by atoms with E-state index in [1.807, 2.05) is 19.1 Å². The largest absolute Gasteiger partial charge is 0.478 e. The van der Waals surface area contributed by atoms with Crippen molar-refractivity contribution in [3.05, 3.63) is 117 Å². The summed E-state index contributed by atoms with van der Waals surface area (Å²) in [4.78, 5) is 51.3. The lowest BCUT2D eigenvalue weighted by Gasteiger charge is -2.35. The van der Waals surface area contributed by atoms with Crippen molar-refractivity contribution in [1.29, 1.82) is 0 Å². The van der Waals surface area contributed by atoms with Gasteiger partial charge in [0.15, 0.2) is 17.1 Å². The van der Waals surface area contributed by atoms with E-state index in [1.165, 1.54) is 23.8 Å². The summed E-state index contributed by atoms with van der Waals surface area (Å²) in [6, 6.07) is 22.4. The van der Waals surface area contributed by atoms with Gasteiger partial charge in [-0.2, -0.15) is 4.98 Å². The molecule has 1 fully saturated rings. The van der Waals surface area contributed by atoms with Gasteiger partial charge in [-0.15, -0.1) is 0 Å². The second kappa shape index (κ2) is 12.6. The number of pyridine rings is 1. The average molecular weight is 633 g/mol. The fourth-order valence-electron chi connectivity index (χ4n) is 5.86. The average Bonchev–Trinajstić information content (AvgIpc) is 3.56. The first-order chi connectivity index (χ1) is 22.8. The Morgan fingerprint density at radius 1 is 0.830 bits per heavy atom.